The van der Waals surface area contributed by atoms with Gasteiger partial charge in [0.1, 0.15) is 0 Å². The topological polar surface area (TPSA) is 26.0 Å². The standard InChI is InChI=1S/C15H23N/c1-5-9-14(10-6-2)13-15(16,11-7-3)12-8-4/h5-8,13H,1-4,9-12,16H2. The van der Waals surface area contributed by atoms with Gasteiger partial charge >= 0.3 is 0 Å². The second kappa shape index (κ2) is 7.89. The highest BCUT2D eigenvalue weighted by Gasteiger charge is 2.18. The molecule has 0 aromatic heterocycles. The van der Waals surface area contributed by atoms with Crippen LogP contribution in [-0.2, 0) is 0 Å². The Bertz CT molecular complexity index is 262. The lowest BCUT2D eigenvalue weighted by atomic mass is 9.88. The summed E-state index contributed by atoms with van der Waals surface area (Å²) >= 11 is 0. The number of hydrogen-bond donors (Lipinski definition) is 1. The molecule has 0 rings (SSSR count). The van der Waals surface area contributed by atoms with E-state index in [9.17, 15) is 0 Å². The lowest BCUT2D eigenvalue weighted by Crippen LogP contribution is -2.36. The molecule has 0 aliphatic heterocycles. The summed E-state index contributed by atoms with van der Waals surface area (Å²) in [4.78, 5) is 0. The Balaban J connectivity index is 4.92. The molecule has 0 fully saturated rings. The van der Waals surface area contributed by atoms with E-state index in [1.165, 1.54) is 5.57 Å². The molecule has 0 saturated heterocycles. The first kappa shape index (κ1) is 14.7. The minimum Gasteiger partial charge on any atom is -0.321 e. The first-order valence-electron chi connectivity index (χ1n) is 5.55. The molecule has 88 valence electrons. The predicted octanol–water partition coefficient (Wildman–Crippen LogP) is 3.91. The van der Waals surface area contributed by atoms with Gasteiger partial charge in [-0.2, -0.15) is 0 Å². The Morgan fingerprint density at radius 2 is 1.31 bits per heavy atom. The molecule has 0 heterocycles. The molecule has 1 nitrogen and oxygen atoms in total. The van der Waals surface area contributed by atoms with Crippen molar-refractivity contribution < 1.29 is 0 Å². The summed E-state index contributed by atoms with van der Waals surface area (Å²) in [6.07, 6.45) is 12.8. The van der Waals surface area contributed by atoms with Crippen LogP contribution in [0.15, 0.2) is 62.3 Å². The molecular formula is C15H23N. The molecule has 0 atom stereocenters. The Labute approximate surface area is 99.7 Å². The monoisotopic (exact) mass is 217 g/mol. The first-order chi connectivity index (χ1) is 7.61. The smallest absolute Gasteiger partial charge is 0.0411 e. The van der Waals surface area contributed by atoms with Crippen LogP contribution in [0, 0.1) is 0 Å². The third-order valence-electron chi connectivity index (χ3n) is 2.35. The van der Waals surface area contributed by atoms with Crippen LogP contribution in [0.5, 0.6) is 0 Å². The van der Waals surface area contributed by atoms with Crippen LogP contribution in [-0.4, -0.2) is 5.54 Å². The van der Waals surface area contributed by atoms with Crippen molar-refractivity contribution in [2.45, 2.75) is 31.2 Å². The SMILES string of the molecule is C=CCC(=CC(N)(CC=C)CC=C)CC=C. The Kier molecular flexibility index (Phi) is 7.23. The van der Waals surface area contributed by atoms with E-state index in [0.29, 0.717) is 0 Å². The van der Waals surface area contributed by atoms with Gasteiger partial charge in [-0.15, -0.1) is 26.3 Å². The van der Waals surface area contributed by atoms with Crippen molar-refractivity contribution in [3.8, 4) is 0 Å². The average molecular weight is 217 g/mol. The normalized spacial score (nSPS) is 10.3. The highest BCUT2D eigenvalue weighted by atomic mass is 14.7. The van der Waals surface area contributed by atoms with Gasteiger partial charge in [-0.3, -0.25) is 0 Å². The minimum absolute atomic E-state index is 0.370. The maximum Gasteiger partial charge on any atom is 0.0411 e. The molecule has 1 heteroatoms. The summed E-state index contributed by atoms with van der Waals surface area (Å²) in [7, 11) is 0. The van der Waals surface area contributed by atoms with Crippen LogP contribution < -0.4 is 5.73 Å². The van der Waals surface area contributed by atoms with Crippen LogP contribution >= 0.6 is 0 Å². The van der Waals surface area contributed by atoms with Crippen molar-refractivity contribution in [1.29, 1.82) is 0 Å². The van der Waals surface area contributed by atoms with Crippen molar-refractivity contribution in [1.82, 2.24) is 0 Å². The first-order valence-corrected chi connectivity index (χ1v) is 5.55. The lowest BCUT2D eigenvalue weighted by Gasteiger charge is -2.24. The van der Waals surface area contributed by atoms with Gasteiger partial charge in [0.25, 0.3) is 0 Å². The average Bonchev–Trinajstić information content (AvgIpc) is 2.18. The van der Waals surface area contributed by atoms with Gasteiger partial charge in [0.15, 0.2) is 0 Å². The van der Waals surface area contributed by atoms with E-state index in [-0.39, 0.29) is 5.54 Å². The van der Waals surface area contributed by atoms with E-state index in [1.54, 1.807) is 0 Å². The van der Waals surface area contributed by atoms with Gasteiger partial charge < -0.3 is 5.73 Å². The molecular weight excluding hydrogens is 194 g/mol. The third-order valence-corrected chi connectivity index (χ3v) is 2.35. The zero-order chi connectivity index (χ0) is 12.4. The highest BCUT2D eigenvalue weighted by molar-refractivity contribution is 5.20. The van der Waals surface area contributed by atoms with Crippen molar-refractivity contribution in [3.05, 3.63) is 62.3 Å². The summed E-state index contributed by atoms with van der Waals surface area (Å²) in [5, 5.41) is 0. The molecule has 0 saturated carbocycles. The molecule has 0 aliphatic carbocycles. The van der Waals surface area contributed by atoms with E-state index in [0.717, 1.165) is 25.7 Å². The zero-order valence-electron chi connectivity index (χ0n) is 10.1. The number of hydrogen-bond acceptors (Lipinski definition) is 1. The van der Waals surface area contributed by atoms with Gasteiger partial charge in [-0.1, -0.05) is 36.0 Å². The summed E-state index contributed by atoms with van der Waals surface area (Å²) in [5.74, 6) is 0. The third kappa shape index (κ3) is 5.52. The van der Waals surface area contributed by atoms with Gasteiger partial charge in [0.2, 0.25) is 0 Å². The van der Waals surface area contributed by atoms with Gasteiger partial charge in [0.05, 0.1) is 0 Å². The van der Waals surface area contributed by atoms with Gasteiger partial charge in [0, 0.05) is 5.54 Å². The van der Waals surface area contributed by atoms with Gasteiger partial charge in [-0.25, -0.2) is 0 Å². The zero-order valence-corrected chi connectivity index (χ0v) is 10.1. The molecule has 0 amide bonds. The van der Waals surface area contributed by atoms with Crippen LogP contribution in [0.3, 0.4) is 0 Å². The molecule has 16 heavy (non-hydrogen) atoms. The molecule has 0 aromatic carbocycles. The van der Waals surface area contributed by atoms with E-state index in [1.807, 2.05) is 24.3 Å². The summed E-state index contributed by atoms with van der Waals surface area (Å²) in [5.41, 5.74) is 7.17. The van der Waals surface area contributed by atoms with E-state index in [4.69, 9.17) is 5.73 Å². The summed E-state index contributed by atoms with van der Waals surface area (Å²) < 4.78 is 0. The Morgan fingerprint density at radius 1 is 0.875 bits per heavy atom. The fraction of sp³-hybridized carbons (Fsp3) is 0.333. The fourth-order valence-corrected chi connectivity index (χ4v) is 1.72. The second-order valence-corrected chi connectivity index (χ2v) is 4.01. The number of allylic oxidation sites excluding steroid dienone is 3. The fourth-order valence-electron chi connectivity index (χ4n) is 1.72. The van der Waals surface area contributed by atoms with E-state index >= 15 is 0 Å². The molecule has 2 N–H and O–H groups in total. The van der Waals surface area contributed by atoms with Crippen LogP contribution in [0.25, 0.3) is 0 Å². The van der Waals surface area contributed by atoms with Crippen LogP contribution in [0.2, 0.25) is 0 Å². The van der Waals surface area contributed by atoms with Crippen molar-refractivity contribution >= 4 is 0 Å². The number of rotatable bonds is 9. The van der Waals surface area contributed by atoms with E-state index < -0.39 is 0 Å². The predicted molar refractivity (Wildman–Crippen MR) is 74.3 cm³/mol. The lowest BCUT2D eigenvalue weighted by molar-refractivity contribution is 0.538. The molecule has 0 aromatic rings. The Morgan fingerprint density at radius 3 is 1.62 bits per heavy atom. The largest absolute Gasteiger partial charge is 0.321 e. The maximum atomic E-state index is 6.29. The molecule has 0 unspecified atom stereocenters. The second-order valence-electron chi connectivity index (χ2n) is 4.01. The maximum absolute atomic E-state index is 6.29. The summed E-state index contributed by atoms with van der Waals surface area (Å²) in [6, 6.07) is 0. The highest BCUT2D eigenvalue weighted by Crippen LogP contribution is 2.20. The van der Waals surface area contributed by atoms with Gasteiger partial charge in [-0.05, 0) is 25.7 Å². The van der Waals surface area contributed by atoms with Crippen LogP contribution in [0.1, 0.15) is 25.7 Å². The number of nitrogens with two attached hydrogens (primary N) is 1. The molecule has 0 spiro atoms. The Hall–Kier alpha value is -1.34. The molecule has 0 bridgehead atoms. The quantitative estimate of drug-likeness (QED) is 0.582. The molecule has 0 aliphatic rings. The minimum atomic E-state index is -0.370. The van der Waals surface area contributed by atoms with Crippen molar-refractivity contribution in [2.24, 2.45) is 5.73 Å². The van der Waals surface area contributed by atoms with Crippen molar-refractivity contribution in [3.63, 3.8) is 0 Å². The van der Waals surface area contributed by atoms with E-state index in [2.05, 4.69) is 32.4 Å². The van der Waals surface area contributed by atoms with Crippen molar-refractivity contribution in [2.75, 3.05) is 0 Å². The van der Waals surface area contributed by atoms with Crippen LogP contribution in [0.4, 0.5) is 0 Å². The summed E-state index contributed by atoms with van der Waals surface area (Å²) in [6.45, 7) is 15.0. The molecule has 0 radical (unpaired) electrons.